The summed E-state index contributed by atoms with van der Waals surface area (Å²) in [6.45, 7) is 0. The number of nitrogens with zero attached hydrogens (tertiary/aromatic N) is 1. The molecule has 0 saturated heterocycles. The zero-order valence-electron chi connectivity index (χ0n) is 8.23. The van der Waals surface area contributed by atoms with Gasteiger partial charge in [-0.25, -0.2) is 0 Å². The quantitative estimate of drug-likeness (QED) is 0.565. The minimum Gasteiger partial charge on any atom is -0.440 e. The van der Waals surface area contributed by atoms with Gasteiger partial charge in [0.2, 0.25) is 5.71 Å². The van der Waals surface area contributed by atoms with E-state index in [1.807, 2.05) is 37.4 Å². The Hall–Kier alpha value is -2.03. The summed E-state index contributed by atoms with van der Waals surface area (Å²) in [6, 6.07) is 9.68. The molecule has 1 aromatic carbocycles. The van der Waals surface area contributed by atoms with E-state index in [-0.39, 0.29) is 0 Å². The molecule has 3 rings (SSSR count). The Morgan fingerprint density at radius 3 is 2.87 bits per heavy atom. The van der Waals surface area contributed by atoms with Gasteiger partial charge in [0, 0.05) is 17.8 Å². The molecule has 0 atom stereocenters. The third kappa shape index (κ3) is 0.973. The average Bonchev–Trinajstić information content (AvgIpc) is 2.76. The molecule has 0 spiro atoms. The monoisotopic (exact) mass is 199 g/mol. The molecule has 0 N–H and O–H groups in total. The second kappa shape index (κ2) is 2.73. The number of hydrogen-bond acceptors (Lipinski definition) is 2. The third-order valence-corrected chi connectivity index (χ3v) is 2.72. The molecule has 0 fully saturated rings. The van der Waals surface area contributed by atoms with Crippen LogP contribution in [0.2, 0.25) is 0 Å². The molecule has 0 amide bonds. The van der Waals surface area contributed by atoms with Crippen molar-refractivity contribution in [2.45, 2.75) is 0 Å². The van der Waals surface area contributed by atoms with Crippen LogP contribution in [0.1, 0.15) is 10.5 Å². The van der Waals surface area contributed by atoms with E-state index in [4.69, 9.17) is 4.42 Å². The van der Waals surface area contributed by atoms with Gasteiger partial charge in [-0.05, 0) is 12.1 Å². The van der Waals surface area contributed by atoms with Crippen molar-refractivity contribution >= 4 is 28.4 Å². The zero-order chi connectivity index (χ0) is 10.4. The number of hydrogen-bond donors (Lipinski definition) is 0. The van der Waals surface area contributed by atoms with E-state index in [9.17, 15) is 4.79 Å². The van der Waals surface area contributed by atoms with E-state index in [0.29, 0.717) is 5.69 Å². The number of furan rings is 1. The van der Waals surface area contributed by atoms with Gasteiger partial charge in [-0.2, -0.15) is 0 Å². The molecule has 2 aromatic heterocycles. The van der Waals surface area contributed by atoms with Crippen LogP contribution in [-0.2, 0) is 7.05 Å². The first kappa shape index (κ1) is 8.29. The number of carbonyl (C=O) groups is 1. The Bertz CT molecular complexity index is 661. The molecule has 3 nitrogen and oxygen atoms in total. The summed E-state index contributed by atoms with van der Waals surface area (Å²) in [5.41, 5.74) is 2.24. The van der Waals surface area contributed by atoms with Crippen LogP contribution in [0.3, 0.4) is 0 Å². The molecule has 3 heteroatoms. The molecule has 0 aliphatic rings. The molecule has 0 saturated carbocycles. The minimum absolute atomic E-state index is 0.634. The number of aryl methyl sites for hydroxylation is 1. The third-order valence-electron chi connectivity index (χ3n) is 2.72. The normalized spacial score (nSPS) is 11.3. The van der Waals surface area contributed by atoms with Crippen LogP contribution in [0.4, 0.5) is 0 Å². The topological polar surface area (TPSA) is 35.1 Å². The Morgan fingerprint density at radius 1 is 1.27 bits per heavy atom. The fourth-order valence-corrected chi connectivity index (χ4v) is 1.92. The highest BCUT2D eigenvalue weighted by atomic mass is 16.3. The summed E-state index contributed by atoms with van der Waals surface area (Å²) in [7, 11) is 1.83. The van der Waals surface area contributed by atoms with Gasteiger partial charge in [-0.1, -0.05) is 18.2 Å². The number of benzene rings is 1. The van der Waals surface area contributed by atoms with E-state index >= 15 is 0 Å². The van der Waals surface area contributed by atoms with Crippen molar-refractivity contribution in [3.05, 3.63) is 36.0 Å². The molecule has 0 aliphatic heterocycles. The summed E-state index contributed by atoms with van der Waals surface area (Å²) < 4.78 is 7.44. The fraction of sp³-hybridized carbons (Fsp3) is 0.0833. The van der Waals surface area contributed by atoms with Crippen LogP contribution in [0.15, 0.2) is 34.7 Å². The SMILES string of the molecule is Cn1c(C=O)cc2c3ccccc3oc21. The average molecular weight is 199 g/mol. The lowest BCUT2D eigenvalue weighted by Gasteiger charge is -1.92. The predicted octanol–water partition coefficient (Wildman–Crippen LogP) is 2.74. The molecule has 3 aromatic rings. The number of aromatic nitrogens is 1. The van der Waals surface area contributed by atoms with E-state index in [1.165, 1.54) is 0 Å². The summed E-state index contributed by atoms with van der Waals surface area (Å²) in [5.74, 6) is 0. The Morgan fingerprint density at radius 2 is 2.07 bits per heavy atom. The minimum atomic E-state index is 0.634. The standard InChI is InChI=1S/C12H9NO2/c1-13-8(7-14)6-10-9-4-2-3-5-11(9)15-12(10)13/h2-7H,1H3. The zero-order valence-corrected chi connectivity index (χ0v) is 8.23. The number of para-hydroxylation sites is 1. The molecule has 0 unspecified atom stereocenters. The first-order valence-electron chi connectivity index (χ1n) is 4.73. The van der Waals surface area contributed by atoms with E-state index in [0.717, 1.165) is 28.4 Å². The smallest absolute Gasteiger partial charge is 0.208 e. The van der Waals surface area contributed by atoms with Crippen LogP contribution in [-0.4, -0.2) is 10.9 Å². The highest BCUT2D eigenvalue weighted by Gasteiger charge is 2.12. The van der Waals surface area contributed by atoms with Gasteiger partial charge in [0.05, 0.1) is 5.69 Å². The Labute approximate surface area is 85.9 Å². The number of fused-ring (bicyclic) bond motifs is 3. The fourth-order valence-electron chi connectivity index (χ4n) is 1.92. The lowest BCUT2D eigenvalue weighted by atomic mass is 10.2. The van der Waals surface area contributed by atoms with Crippen molar-refractivity contribution in [2.75, 3.05) is 0 Å². The van der Waals surface area contributed by atoms with Crippen molar-refractivity contribution < 1.29 is 9.21 Å². The second-order valence-corrected chi connectivity index (χ2v) is 3.56. The molecular formula is C12H9NO2. The van der Waals surface area contributed by atoms with E-state index < -0.39 is 0 Å². The maximum Gasteiger partial charge on any atom is 0.208 e. The van der Waals surface area contributed by atoms with Gasteiger partial charge in [0.1, 0.15) is 5.58 Å². The molecule has 0 radical (unpaired) electrons. The molecule has 74 valence electrons. The maximum atomic E-state index is 10.8. The van der Waals surface area contributed by atoms with Crippen molar-refractivity contribution in [2.24, 2.45) is 7.05 Å². The summed E-state index contributed by atoms with van der Waals surface area (Å²) in [6.07, 6.45) is 0.838. The van der Waals surface area contributed by atoms with Crippen LogP contribution in [0, 0.1) is 0 Å². The van der Waals surface area contributed by atoms with Crippen LogP contribution in [0.25, 0.3) is 22.1 Å². The van der Waals surface area contributed by atoms with Gasteiger partial charge < -0.3 is 8.98 Å². The van der Waals surface area contributed by atoms with Gasteiger partial charge in [-0.15, -0.1) is 0 Å². The van der Waals surface area contributed by atoms with Gasteiger partial charge in [0.15, 0.2) is 6.29 Å². The largest absolute Gasteiger partial charge is 0.440 e. The van der Waals surface area contributed by atoms with Crippen LogP contribution >= 0.6 is 0 Å². The summed E-state index contributed by atoms with van der Waals surface area (Å²) in [5, 5.41) is 2.05. The Kier molecular flexibility index (Phi) is 1.51. The maximum absolute atomic E-state index is 10.8. The van der Waals surface area contributed by atoms with Crippen molar-refractivity contribution in [3.63, 3.8) is 0 Å². The van der Waals surface area contributed by atoms with Crippen molar-refractivity contribution in [1.29, 1.82) is 0 Å². The first-order chi connectivity index (χ1) is 7.31. The van der Waals surface area contributed by atoms with Crippen molar-refractivity contribution in [1.82, 2.24) is 4.57 Å². The predicted molar refractivity (Wildman–Crippen MR) is 58.1 cm³/mol. The second-order valence-electron chi connectivity index (χ2n) is 3.56. The summed E-state index contributed by atoms with van der Waals surface area (Å²) in [4.78, 5) is 10.8. The van der Waals surface area contributed by atoms with Gasteiger partial charge in [-0.3, -0.25) is 4.79 Å². The highest BCUT2D eigenvalue weighted by molar-refractivity contribution is 6.06. The number of aldehydes is 1. The first-order valence-corrected chi connectivity index (χ1v) is 4.73. The van der Waals surface area contributed by atoms with E-state index in [1.54, 1.807) is 4.57 Å². The molecular weight excluding hydrogens is 190 g/mol. The number of rotatable bonds is 1. The van der Waals surface area contributed by atoms with E-state index in [2.05, 4.69) is 0 Å². The molecule has 0 bridgehead atoms. The molecule has 15 heavy (non-hydrogen) atoms. The van der Waals surface area contributed by atoms with Crippen LogP contribution < -0.4 is 0 Å². The lowest BCUT2D eigenvalue weighted by molar-refractivity contribution is 0.111. The Balaban J connectivity index is 2.54. The highest BCUT2D eigenvalue weighted by Crippen LogP contribution is 2.29. The van der Waals surface area contributed by atoms with Crippen LogP contribution in [0.5, 0.6) is 0 Å². The molecule has 0 aliphatic carbocycles. The lowest BCUT2D eigenvalue weighted by Crippen LogP contribution is -1.92. The summed E-state index contributed by atoms with van der Waals surface area (Å²) >= 11 is 0. The van der Waals surface area contributed by atoms with Gasteiger partial charge in [0.25, 0.3) is 0 Å². The number of carbonyl (C=O) groups excluding carboxylic acids is 1. The molecule has 2 heterocycles. The van der Waals surface area contributed by atoms with Crippen molar-refractivity contribution in [3.8, 4) is 0 Å². The van der Waals surface area contributed by atoms with Gasteiger partial charge >= 0.3 is 0 Å².